The van der Waals surface area contributed by atoms with Gasteiger partial charge in [0.15, 0.2) is 0 Å². The van der Waals surface area contributed by atoms with Crippen molar-refractivity contribution in [2.75, 3.05) is 0 Å². The van der Waals surface area contributed by atoms with E-state index >= 15 is 0 Å². The molecule has 0 aliphatic rings. The van der Waals surface area contributed by atoms with Crippen LogP contribution in [0.5, 0.6) is 5.75 Å². The van der Waals surface area contributed by atoms with Crippen molar-refractivity contribution in [3.8, 4) is 5.75 Å². The molecular weight excluding hydrogens is 211 g/mol. The minimum atomic E-state index is -4.63. The van der Waals surface area contributed by atoms with E-state index in [1.165, 1.54) is 0 Å². The van der Waals surface area contributed by atoms with E-state index in [1.54, 1.807) is 6.92 Å². The van der Waals surface area contributed by atoms with E-state index < -0.39 is 23.2 Å². The van der Waals surface area contributed by atoms with Crippen molar-refractivity contribution in [3.63, 3.8) is 0 Å². The second-order valence-corrected chi connectivity index (χ2v) is 3.09. The van der Waals surface area contributed by atoms with Crippen LogP contribution in [0.25, 0.3) is 0 Å². The van der Waals surface area contributed by atoms with Gasteiger partial charge in [0.05, 0.1) is 0 Å². The van der Waals surface area contributed by atoms with Crippen molar-refractivity contribution in [2.45, 2.75) is 26.1 Å². The lowest BCUT2D eigenvalue weighted by molar-refractivity contribution is -0.144. The Hall–Kier alpha value is -1.46. The quantitative estimate of drug-likeness (QED) is 0.829. The van der Waals surface area contributed by atoms with Crippen LogP contribution in [0.4, 0.5) is 13.2 Å². The Morgan fingerprint density at radius 3 is 2.47 bits per heavy atom. The minimum absolute atomic E-state index is 0.0199. The Balaban J connectivity index is 3.40. The lowest BCUT2D eigenvalue weighted by atomic mass is 10.3. The van der Waals surface area contributed by atoms with Crippen LogP contribution in [0.2, 0.25) is 0 Å². The highest BCUT2D eigenvalue weighted by Gasteiger charge is 2.34. The van der Waals surface area contributed by atoms with E-state index in [0.717, 1.165) is 6.07 Å². The first-order chi connectivity index (χ1) is 6.86. The predicted molar refractivity (Wildman–Crippen MR) is 47.7 cm³/mol. The number of alkyl halides is 3. The summed E-state index contributed by atoms with van der Waals surface area (Å²) in [7, 11) is 0. The largest absolute Gasteiger partial charge is 0.508 e. The van der Waals surface area contributed by atoms with Crippen LogP contribution in [-0.4, -0.2) is 9.67 Å². The minimum Gasteiger partial charge on any atom is -0.508 e. The van der Waals surface area contributed by atoms with Gasteiger partial charge in [0.1, 0.15) is 11.4 Å². The first kappa shape index (κ1) is 11.6. The molecule has 15 heavy (non-hydrogen) atoms. The van der Waals surface area contributed by atoms with Crippen molar-refractivity contribution in [3.05, 3.63) is 28.2 Å². The second kappa shape index (κ2) is 3.96. The number of aromatic nitrogens is 1. The molecule has 0 atom stereocenters. The van der Waals surface area contributed by atoms with Crippen molar-refractivity contribution in [1.29, 1.82) is 0 Å². The Bertz CT molecular complexity index is 409. The lowest BCUT2D eigenvalue weighted by Crippen LogP contribution is -2.27. The molecule has 0 bridgehead atoms. The average molecular weight is 221 g/mol. The van der Waals surface area contributed by atoms with Gasteiger partial charge < -0.3 is 9.67 Å². The Morgan fingerprint density at radius 1 is 1.40 bits per heavy atom. The number of aromatic hydroxyl groups is 1. The molecule has 84 valence electrons. The van der Waals surface area contributed by atoms with Crippen LogP contribution in [0.1, 0.15) is 19.0 Å². The summed E-state index contributed by atoms with van der Waals surface area (Å²) >= 11 is 0. The fourth-order valence-corrected chi connectivity index (χ4v) is 1.27. The molecule has 0 saturated carbocycles. The summed E-state index contributed by atoms with van der Waals surface area (Å²) < 4.78 is 38.0. The number of pyridine rings is 1. The molecule has 6 heteroatoms. The summed E-state index contributed by atoms with van der Waals surface area (Å²) in [5.41, 5.74) is -1.96. The maximum absolute atomic E-state index is 12.5. The third-order valence-electron chi connectivity index (χ3n) is 1.85. The van der Waals surface area contributed by atoms with E-state index in [1.807, 2.05) is 0 Å². The van der Waals surface area contributed by atoms with Crippen molar-refractivity contribution in [1.82, 2.24) is 4.57 Å². The van der Waals surface area contributed by atoms with E-state index in [-0.39, 0.29) is 6.54 Å². The fourth-order valence-electron chi connectivity index (χ4n) is 1.27. The molecule has 0 fully saturated rings. The topological polar surface area (TPSA) is 42.2 Å². The highest BCUT2D eigenvalue weighted by Crippen LogP contribution is 2.30. The third kappa shape index (κ3) is 2.51. The van der Waals surface area contributed by atoms with Gasteiger partial charge in [-0.05, 0) is 6.42 Å². The van der Waals surface area contributed by atoms with Crippen LogP contribution in [0.3, 0.4) is 0 Å². The zero-order chi connectivity index (χ0) is 11.6. The zero-order valence-electron chi connectivity index (χ0n) is 8.01. The molecule has 0 amide bonds. The summed E-state index contributed by atoms with van der Waals surface area (Å²) in [4.78, 5) is 11.2. The van der Waals surface area contributed by atoms with Gasteiger partial charge in [0.2, 0.25) is 0 Å². The number of halogens is 3. The number of hydrogen-bond acceptors (Lipinski definition) is 2. The molecule has 1 aromatic heterocycles. The van der Waals surface area contributed by atoms with E-state index in [2.05, 4.69) is 0 Å². The number of nitrogens with zero attached hydrogens (tertiary/aromatic N) is 1. The smallest absolute Gasteiger partial charge is 0.431 e. The molecule has 1 N–H and O–H groups in total. The molecule has 1 heterocycles. The molecule has 0 aromatic carbocycles. The second-order valence-electron chi connectivity index (χ2n) is 3.09. The normalized spacial score (nSPS) is 11.7. The first-order valence-corrected chi connectivity index (χ1v) is 4.37. The van der Waals surface area contributed by atoms with Crippen LogP contribution < -0.4 is 5.56 Å². The van der Waals surface area contributed by atoms with Crippen LogP contribution in [-0.2, 0) is 12.7 Å². The van der Waals surface area contributed by atoms with Crippen LogP contribution in [0, 0.1) is 0 Å². The molecule has 0 saturated heterocycles. The van der Waals surface area contributed by atoms with Gasteiger partial charge in [-0.1, -0.05) is 6.92 Å². The summed E-state index contributed by atoms with van der Waals surface area (Å²) in [5.74, 6) is -0.667. The van der Waals surface area contributed by atoms with Gasteiger partial charge in [-0.2, -0.15) is 13.2 Å². The van der Waals surface area contributed by atoms with Gasteiger partial charge >= 0.3 is 6.18 Å². The maximum atomic E-state index is 12.5. The predicted octanol–water partition coefficient (Wildman–Crippen LogP) is 1.98. The molecule has 3 nitrogen and oxygen atoms in total. The molecule has 1 rings (SSSR count). The van der Waals surface area contributed by atoms with Crippen molar-refractivity contribution >= 4 is 0 Å². The van der Waals surface area contributed by atoms with Gasteiger partial charge in [0, 0.05) is 18.7 Å². The Kier molecular flexibility index (Phi) is 3.06. The van der Waals surface area contributed by atoms with Gasteiger partial charge in [0.25, 0.3) is 5.56 Å². The van der Waals surface area contributed by atoms with Crippen LogP contribution in [0.15, 0.2) is 16.9 Å². The first-order valence-electron chi connectivity index (χ1n) is 4.37. The fraction of sp³-hybridized carbons (Fsp3) is 0.444. The SMILES string of the molecule is CCCn1c(C(F)(F)F)cc(O)cc1=O. The summed E-state index contributed by atoms with van der Waals surface area (Å²) in [6, 6.07) is 1.32. The van der Waals surface area contributed by atoms with Gasteiger partial charge in [-0.3, -0.25) is 4.79 Å². The standard InChI is InChI=1S/C9H10F3NO2/c1-2-3-13-7(9(10,11)12)4-6(14)5-8(13)15/h4-5,14H,2-3H2,1H3. The third-order valence-corrected chi connectivity index (χ3v) is 1.85. The molecule has 0 unspecified atom stereocenters. The molecule has 0 radical (unpaired) electrons. The van der Waals surface area contributed by atoms with Crippen molar-refractivity contribution < 1.29 is 18.3 Å². The Labute approximate surface area is 83.8 Å². The summed E-state index contributed by atoms with van der Waals surface area (Å²) in [6.07, 6.45) is -4.22. The van der Waals surface area contributed by atoms with Gasteiger partial charge in [-0.25, -0.2) is 0 Å². The molecular formula is C9H10F3NO2. The zero-order valence-corrected chi connectivity index (χ0v) is 8.01. The number of hydrogen-bond donors (Lipinski definition) is 1. The molecule has 1 aromatic rings. The van der Waals surface area contributed by atoms with Gasteiger partial charge in [-0.15, -0.1) is 0 Å². The Morgan fingerprint density at radius 2 is 2.00 bits per heavy atom. The molecule has 0 spiro atoms. The maximum Gasteiger partial charge on any atom is 0.431 e. The molecule has 0 aliphatic carbocycles. The van der Waals surface area contributed by atoms with E-state index in [9.17, 15) is 18.0 Å². The summed E-state index contributed by atoms with van der Waals surface area (Å²) in [6.45, 7) is 1.65. The van der Waals surface area contributed by atoms with E-state index in [0.29, 0.717) is 17.1 Å². The average Bonchev–Trinajstić information content (AvgIpc) is 2.07. The van der Waals surface area contributed by atoms with Crippen LogP contribution >= 0.6 is 0 Å². The summed E-state index contributed by atoms with van der Waals surface area (Å²) in [5, 5.41) is 8.94. The molecule has 0 aliphatic heterocycles. The highest BCUT2D eigenvalue weighted by molar-refractivity contribution is 5.24. The van der Waals surface area contributed by atoms with Crippen molar-refractivity contribution in [2.24, 2.45) is 0 Å². The lowest BCUT2D eigenvalue weighted by Gasteiger charge is -2.14. The van der Waals surface area contributed by atoms with E-state index in [4.69, 9.17) is 5.11 Å². The monoisotopic (exact) mass is 221 g/mol. The highest BCUT2D eigenvalue weighted by atomic mass is 19.4. The number of rotatable bonds is 2.